The van der Waals surface area contributed by atoms with Crippen LogP contribution >= 0.6 is 11.3 Å². The number of aromatic nitrogens is 1. The summed E-state index contributed by atoms with van der Waals surface area (Å²) in [5.74, 6) is -1.07. The number of likely N-dealkylation sites (tertiary alicyclic amines) is 1. The van der Waals surface area contributed by atoms with Crippen LogP contribution in [-0.2, 0) is 11.3 Å². The molecule has 162 valence electrons. The van der Waals surface area contributed by atoms with Crippen LogP contribution in [0.1, 0.15) is 17.7 Å². The van der Waals surface area contributed by atoms with Crippen LogP contribution < -0.4 is 14.3 Å². The molecule has 0 aliphatic carbocycles. The topological polar surface area (TPSA) is 65.3 Å². The van der Waals surface area contributed by atoms with Gasteiger partial charge in [-0.2, -0.15) is 22.6 Å². The second-order valence-electron chi connectivity index (χ2n) is 6.74. The van der Waals surface area contributed by atoms with Crippen molar-refractivity contribution in [3.8, 4) is 17.2 Å². The molecular formula is C18H17F4N3O4S. The van der Waals surface area contributed by atoms with Gasteiger partial charge in [-0.05, 0) is 25.0 Å². The zero-order chi connectivity index (χ0) is 21.5. The molecule has 1 saturated heterocycles. The Morgan fingerprint density at radius 3 is 2.50 bits per heavy atom. The minimum Gasteiger partial charge on any atom is -0.421 e. The molecule has 12 heteroatoms. The van der Waals surface area contributed by atoms with Gasteiger partial charge in [0.2, 0.25) is 0 Å². The van der Waals surface area contributed by atoms with E-state index in [1.165, 1.54) is 29.1 Å². The van der Waals surface area contributed by atoms with Crippen LogP contribution in [0.2, 0.25) is 0 Å². The van der Waals surface area contributed by atoms with Gasteiger partial charge in [0.15, 0.2) is 16.3 Å². The molecule has 1 aromatic heterocycles. The Labute approximate surface area is 172 Å². The molecule has 2 aromatic rings. The number of alkyl halides is 4. The summed E-state index contributed by atoms with van der Waals surface area (Å²) >= 11 is 1.19. The van der Waals surface area contributed by atoms with Gasteiger partial charge in [-0.1, -0.05) is 11.3 Å². The molecule has 0 saturated carbocycles. The summed E-state index contributed by atoms with van der Waals surface area (Å²) in [6, 6.07) is 3.20. The largest absolute Gasteiger partial charge is 0.507 e. The fourth-order valence-corrected chi connectivity index (χ4v) is 4.08. The zero-order valence-corrected chi connectivity index (χ0v) is 16.6. The number of benzene rings is 1. The van der Waals surface area contributed by atoms with E-state index in [2.05, 4.69) is 14.5 Å². The number of carbonyl (C=O) groups is 1. The van der Waals surface area contributed by atoms with Gasteiger partial charge in [-0.25, -0.2) is 4.79 Å². The average Bonchev–Trinajstić information content (AvgIpc) is 3.32. The van der Waals surface area contributed by atoms with E-state index in [0.29, 0.717) is 13.1 Å². The number of halogens is 4. The summed E-state index contributed by atoms with van der Waals surface area (Å²) in [6.45, 7) is 1.48. The number of methoxy groups -OCH3 is 1. The van der Waals surface area contributed by atoms with E-state index in [4.69, 9.17) is 4.74 Å². The molecule has 30 heavy (non-hydrogen) atoms. The lowest BCUT2D eigenvalue weighted by Crippen LogP contribution is -2.52. The lowest BCUT2D eigenvalue weighted by molar-refractivity contribution is -0.391. The lowest BCUT2D eigenvalue weighted by atomic mass is 10.2. The van der Waals surface area contributed by atoms with Gasteiger partial charge in [0.1, 0.15) is 0 Å². The molecule has 2 amide bonds. The van der Waals surface area contributed by atoms with Crippen LogP contribution in [0.5, 0.6) is 11.5 Å². The van der Waals surface area contributed by atoms with Crippen molar-refractivity contribution in [3.63, 3.8) is 0 Å². The van der Waals surface area contributed by atoms with Gasteiger partial charge in [-0.15, -0.1) is 0 Å². The fourth-order valence-electron chi connectivity index (χ4n) is 3.13. The molecule has 7 nitrogen and oxygen atoms in total. The van der Waals surface area contributed by atoms with E-state index in [-0.39, 0.29) is 17.1 Å². The van der Waals surface area contributed by atoms with Crippen LogP contribution in [0.3, 0.4) is 0 Å². The number of thiazole rings is 1. The molecule has 0 unspecified atom stereocenters. The van der Waals surface area contributed by atoms with E-state index >= 15 is 0 Å². The normalized spacial score (nSPS) is 19.9. The quantitative estimate of drug-likeness (QED) is 0.673. The van der Waals surface area contributed by atoms with Crippen molar-refractivity contribution in [3.05, 3.63) is 34.1 Å². The van der Waals surface area contributed by atoms with E-state index in [0.717, 1.165) is 29.9 Å². The molecule has 0 spiro atoms. The van der Waals surface area contributed by atoms with Crippen LogP contribution in [-0.4, -0.2) is 47.9 Å². The maximum atomic E-state index is 13.5. The van der Waals surface area contributed by atoms with Gasteiger partial charge in [-0.3, -0.25) is 4.57 Å². The summed E-state index contributed by atoms with van der Waals surface area (Å²) in [7, 11) is 1.50. The number of urea groups is 1. The third-order valence-electron chi connectivity index (χ3n) is 4.58. The Bertz CT molecular complexity index is 1030. The second kappa shape index (κ2) is 7.58. The Morgan fingerprint density at radius 2 is 1.83 bits per heavy atom. The lowest BCUT2D eigenvalue weighted by Gasteiger charge is -2.31. The van der Waals surface area contributed by atoms with Crippen LogP contribution in [0, 0.1) is 0 Å². The van der Waals surface area contributed by atoms with E-state index < -0.39 is 29.7 Å². The minimum atomic E-state index is -4.82. The predicted molar refractivity (Wildman–Crippen MR) is 97.3 cm³/mol. The Balaban J connectivity index is 1.74. The number of hydrogen-bond acceptors (Lipinski definition) is 5. The van der Waals surface area contributed by atoms with Crippen molar-refractivity contribution < 1.29 is 36.6 Å². The zero-order valence-electron chi connectivity index (χ0n) is 15.7. The summed E-state index contributed by atoms with van der Waals surface area (Å²) in [6.07, 6.45) is -6.17. The first-order valence-electron chi connectivity index (χ1n) is 9.02. The maximum absolute atomic E-state index is 13.5. The summed E-state index contributed by atoms with van der Waals surface area (Å²) < 4.78 is 68.7. The van der Waals surface area contributed by atoms with Crippen molar-refractivity contribution in [2.75, 3.05) is 20.2 Å². The Hall–Kier alpha value is -2.60. The fraction of sp³-hybridized carbons (Fsp3) is 0.444. The third-order valence-corrected chi connectivity index (χ3v) is 5.53. The predicted octanol–water partition coefficient (Wildman–Crippen LogP) is 3.76. The van der Waals surface area contributed by atoms with Crippen molar-refractivity contribution in [2.24, 2.45) is 4.99 Å². The standard InChI is InChI=1S/C18H17F4N3O4S/c1-27-10-12-9-25(16(30-12)23-15(26)24-6-2-3-7-24)11-4-5-13-14(8-11)29-18(21,22)17(19,20)28-13/h4-5,8-9H,2-3,6-7,10H2,1H3. The molecule has 2 aliphatic rings. The molecule has 0 atom stereocenters. The smallest absolute Gasteiger partial charge is 0.421 e. The van der Waals surface area contributed by atoms with Gasteiger partial charge in [0.05, 0.1) is 17.2 Å². The highest BCUT2D eigenvalue weighted by molar-refractivity contribution is 7.09. The first-order valence-corrected chi connectivity index (χ1v) is 9.84. The van der Waals surface area contributed by atoms with Crippen molar-refractivity contribution in [2.45, 2.75) is 31.7 Å². The molecular weight excluding hydrogens is 430 g/mol. The number of ether oxygens (including phenoxy) is 3. The van der Waals surface area contributed by atoms with Gasteiger partial charge >= 0.3 is 18.2 Å². The number of hydrogen-bond donors (Lipinski definition) is 0. The SMILES string of the molecule is COCc1cn(-c2ccc3c(c2)OC(F)(F)C(F)(F)O3)c(=NC(=O)N2CCCC2)s1. The summed E-state index contributed by atoms with van der Waals surface area (Å²) in [5, 5.41) is 0. The molecule has 1 fully saturated rings. The molecule has 4 rings (SSSR count). The molecule has 0 bridgehead atoms. The first-order chi connectivity index (χ1) is 14.2. The molecule has 0 N–H and O–H groups in total. The average molecular weight is 447 g/mol. The minimum absolute atomic E-state index is 0.243. The van der Waals surface area contributed by atoms with E-state index in [9.17, 15) is 22.4 Å². The monoisotopic (exact) mass is 447 g/mol. The Kier molecular flexibility index (Phi) is 5.22. The summed E-state index contributed by atoms with van der Waals surface area (Å²) in [5.41, 5.74) is 0.282. The maximum Gasteiger partial charge on any atom is 0.507 e. The third kappa shape index (κ3) is 3.76. The van der Waals surface area contributed by atoms with E-state index in [1.54, 1.807) is 11.1 Å². The highest BCUT2D eigenvalue weighted by atomic mass is 32.1. The highest BCUT2D eigenvalue weighted by Gasteiger charge is 2.65. The van der Waals surface area contributed by atoms with Crippen molar-refractivity contribution >= 4 is 17.4 Å². The number of rotatable bonds is 3. The molecule has 1 aromatic carbocycles. The van der Waals surface area contributed by atoms with Crippen molar-refractivity contribution in [1.82, 2.24) is 9.47 Å². The van der Waals surface area contributed by atoms with E-state index in [1.807, 2.05) is 0 Å². The molecule has 3 heterocycles. The second-order valence-corrected chi connectivity index (χ2v) is 7.83. The number of amides is 2. The molecule has 2 aliphatic heterocycles. The van der Waals surface area contributed by atoms with Gasteiger partial charge < -0.3 is 19.1 Å². The number of fused-ring (bicyclic) bond motifs is 1. The first kappa shape index (κ1) is 20.7. The highest BCUT2D eigenvalue weighted by Crippen LogP contribution is 2.47. The van der Waals surface area contributed by atoms with Gasteiger partial charge in [0, 0.05) is 32.5 Å². The number of carbonyl (C=O) groups excluding carboxylic acids is 1. The summed E-state index contributed by atoms with van der Waals surface area (Å²) in [4.78, 5) is 19.2. The molecule has 0 radical (unpaired) electrons. The van der Waals surface area contributed by atoms with Crippen LogP contribution in [0.15, 0.2) is 29.4 Å². The van der Waals surface area contributed by atoms with Crippen LogP contribution in [0.4, 0.5) is 22.4 Å². The van der Waals surface area contributed by atoms with Gasteiger partial charge in [0.25, 0.3) is 0 Å². The Morgan fingerprint density at radius 1 is 1.17 bits per heavy atom. The number of nitrogens with zero attached hydrogens (tertiary/aromatic N) is 3. The van der Waals surface area contributed by atoms with Crippen molar-refractivity contribution in [1.29, 1.82) is 0 Å². The van der Waals surface area contributed by atoms with Crippen LogP contribution in [0.25, 0.3) is 5.69 Å².